The molecule has 1 aliphatic rings. The molecule has 1 N–H and O–H groups in total. The lowest BCUT2D eigenvalue weighted by Crippen LogP contribution is -2.36. The van der Waals surface area contributed by atoms with Crippen molar-refractivity contribution in [3.05, 3.63) is 89.0 Å². The minimum absolute atomic E-state index is 0.0134. The number of nitrogens with one attached hydrogen (secondary N) is 1. The van der Waals surface area contributed by atoms with Crippen LogP contribution >= 0.6 is 0 Å². The Morgan fingerprint density at radius 1 is 0.871 bits per heavy atom. The molecule has 0 bridgehead atoms. The third-order valence-electron chi connectivity index (χ3n) is 5.44. The van der Waals surface area contributed by atoms with Crippen LogP contribution in [-0.4, -0.2) is 37.5 Å². The number of carbonyl (C=O) groups excluding carboxylic acids is 2. The van der Waals surface area contributed by atoms with Crippen LogP contribution in [0.3, 0.4) is 0 Å². The molecule has 0 atom stereocenters. The summed E-state index contributed by atoms with van der Waals surface area (Å²) >= 11 is 0. The largest absolute Gasteiger partial charge is 0.496 e. The van der Waals surface area contributed by atoms with Gasteiger partial charge in [-0.1, -0.05) is 30.3 Å². The van der Waals surface area contributed by atoms with E-state index < -0.39 is 0 Å². The van der Waals surface area contributed by atoms with Crippen LogP contribution in [0.2, 0.25) is 0 Å². The first kappa shape index (κ1) is 20.5. The average Bonchev–Trinajstić information content (AvgIpc) is 2.83. The van der Waals surface area contributed by atoms with Crippen molar-refractivity contribution in [3.8, 4) is 11.5 Å². The van der Waals surface area contributed by atoms with Crippen molar-refractivity contribution in [1.82, 2.24) is 4.90 Å². The molecule has 0 radical (unpaired) electrons. The number of ether oxygens (including phenoxy) is 2. The lowest BCUT2D eigenvalue weighted by atomic mass is 9.98. The summed E-state index contributed by atoms with van der Waals surface area (Å²) in [5.74, 6) is 0.575. The Morgan fingerprint density at radius 3 is 2.26 bits per heavy atom. The quantitative estimate of drug-likeness (QED) is 0.678. The van der Waals surface area contributed by atoms with Gasteiger partial charge in [0.25, 0.3) is 11.8 Å². The monoisotopic (exact) mass is 416 g/mol. The number of fused-ring (bicyclic) bond motifs is 1. The zero-order chi connectivity index (χ0) is 21.8. The van der Waals surface area contributed by atoms with Crippen LogP contribution < -0.4 is 14.8 Å². The van der Waals surface area contributed by atoms with Gasteiger partial charge in [-0.3, -0.25) is 9.59 Å². The minimum atomic E-state index is -0.317. The fourth-order valence-electron chi connectivity index (χ4n) is 3.84. The van der Waals surface area contributed by atoms with Gasteiger partial charge in [0.1, 0.15) is 17.1 Å². The van der Waals surface area contributed by atoms with Crippen molar-refractivity contribution in [2.75, 3.05) is 26.1 Å². The predicted molar refractivity (Wildman–Crippen MR) is 119 cm³/mol. The molecule has 0 saturated carbocycles. The normalized spacial score (nSPS) is 12.6. The maximum atomic E-state index is 13.0. The number of anilines is 1. The Bertz CT molecular complexity index is 1090. The van der Waals surface area contributed by atoms with E-state index in [4.69, 9.17) is 9.47 Å². The van der Waals surface area contributed by atoms with Crippen molar-refractivity contribution >= 4 is 17.5 Å². The summed E-state index contributed by atoms with van der Waals surface area (Å²) in [7, 11) is 3.03. The van der Waals surface area contributed by atoms with E-state index in [9.17, 15) is 9.59 Å². The number of nitrogens with zero attached hydrogens (tertiary/aromatic N) is 1. The van der Waals surface area contributed by atoms with Crippen LogP contribution in [0.25, 0.3) is 0 Å². The molecular weight excluding hydrogens is 392 g/mol. The van der Waals surface area contributed by atoms with Crippen molar-refractivity contribution in [3.63, 3.8) is 0 Å². The number of hydrogen-bond acceptors (Lipinski definition) is 4. The van der Waals surface area contributed by atoms with Gasteiger partial charge in [0.2, 0.25) is 0 Å². The van der Waals surface area contributed by atoms with Crippen LogP contribution in [-0.2, 0) is 13.0 Å². The first-order valence-corrected chi connectivity index (χ1v) is 10.1. The molecule has 0 spiro atoms. The zero-order valence-electron chi connectivity index (χ0n) is 17.6. The molecule has 158 valence electrons. The fraction of sp³-hybridized carbons (Fsp3) is 0.200. The third kappa shape index (κ3) is 4.23. The van der Waals surface area contributed by atoms with Crippen molar-refractivity contribution in [1.29, 1.82) is 0 Å². The van der Waals surface area contributed by atoms with Gasteiger partial charge in [0.05, 0.1) is 14.2 Å². The molecule has 2 amide bonds. The smallest absolute Gasteiger partial charge is 0.263 e. The second-order valence-corrected chi connectivity index (χ2v) is 7.32. The van der Waals surface area contributed by atoms with Gasteiger partial charge in [-0.05, 0) is 53.9 Å². The predicted octanol–water partition coefficient (Wildman–Crippen LogP) is 4.15. The molecule has 0 saturated heterocycles. The highest BCUT2D eigenvalue weighted by atomic mass is 16.5. The molecule has 1 heterocycles. The number of rotatable bonds is 5. The highest BCUT2D eigenvalue weighted by Crippen LogP contribution is 2.30. The standard InChI is InChI=1S/C25H24N2O4/c1-30-21-9-6-10-22(31-2)23(21)24(28)26-20-12-11-17-13-14-27(16-19(17)15-20)25(29)18-7-4-3-5-8-18/h3-12,15H,13-14,16H2,1-2H3,(H,26,28). The Kier molecular flexibility index (Phi) is 5.89. The number of carbonyl (C=O) groups is 2. The van der Waals surface area contributed by atoms with E-state index in [1.807, 2.05) is 53.4 Å². The molecule has 0 aromatic heterocycles. The van der Waals surface area contributed by atoms with Crippen molar-refractivity contribution < 1.29 is 19.1 Å². The zero-order valence-corrected chi connectivity index (χ0v) is 17.6. The van der Waals surface area contributed by atoms with E-state index in [0.717, 1.165) is 12.0 Å². The molecule has 0 fully saturated rings. The fourth-order valence-corrected chi connectivity index (χ4v) is 3.84. The molecule has 31 heavy (non-hydrogen) atoms. The summed E-state index contributed by atoms with van der Waals surface area (Å²) in [5.41, 5.74) is 3.89. The molecule has 0 unspecified atom stereocenters. The van der Waals surface area contributed by atoms with Crippen LogP contribution in [0.4, 0.5) is 5.69 Å². The number of methoxy groups -OCH3 is 2. The second kappa shape index (κ2) is 8.92. The number of hydrogen-bond donors (Lipinski definition) is 1. The third-order valence-corrected chi connectivity index (χ3v) is 5.44. The van der Waals surface area contributed by atoms with Crippen molar-refractivity contribution in [2.45, 2.75) is 13.0 Å². The molecular formula is C25H24N2O4. The van der Waals surface area contributed by atoms with E-state index in [-0.39, 0.29) is 11.8 Å². The highest BCUT2D eigenvalue weighted by molar-refractivity contribution is 6.08. The summed E-state index contributed by atoms with van der Waals surface area (Å²) in [5, 5.41) is 2.93. The minimum Gasteiger partial charge on any atom is -0.496 e. The molecule has 6 heteroatoms. The lowest BCUT2D eigenvalue weighted by Gasteiger charge is -2.29. The van der Waals surface area contributed by atoms with Gasteiger partial charge in [0, 0.05) is 24.3 Å². The van der Waals surface area contributed by atoms with Crippen molar-refractivity contribution in [2.24, 2.45) is 0 Å². The van der Waals surface area contributed by atoms with Gasteiger partial charge in [-0.15, -0.1) is 0 Å². The van der Waals surface area contributed by atoms with Gasteiger partial charge in [-0.2, -0.15) is 0 Å². The Hall–Kier alpha value is -3.80. The summed E-state index contributed by atoms with van der Waals surface area (Å²) in [6, 6.07) is 20.3. The van der Waals surface area contributed by atoms with Crippen LogP contribution in [0, 0.1) is 0 Å². The summed E-state index contributed by atoms with van der Waals surface area (Å²) in [6.07, 6.45) is 0.780. The van der Waals surface area contributed by atoms with Gasteiger partial charge in [-0.25, -0.2) is 0 Å². The van der Waals surface area contributed by atoms with Gasteiger partial charge >= 0.3 is 0 Å². The molecule has 3 aromatic rings. The first-order chi connectivity index (χ1) is 15.1. The van der Waals surface area contributed by atoms with Crippen LogP contribution in [0.1, 0.15) is 31.8 Å². The van der Waals surface area contributed by atoms with Gasteiger partial charge in [0.15, 0.2) is 0 Å². The highest BCUT2D eigenvalue weighted by Gasteiger charge is 2.23. The topological polar surface area (TPSA) is 67.9 Å². The second-order valence-electron chi connectivity index (χ2n) is 7.32. The molecule has 4 rings (SSSR count). The molecule has 3 aromatic carbocycles. The molecule has 6 nitrogen and oxygen atoms in total. The first-order valence-electron chi connectivity index (χ1n) is 10.1. The van der Waals surface area contributed by atoms with E-state index in [2.05, 4.69) is 5.32 Å². The van der Waals surface area contributed by atoms with E-state index in [1.54, 1.807) is 18.2 Å². The maximum Gasteiger partial charge on any atom is 0.263 e. The Labute approximate surface area is 181 Å². The summed E-state index contributed by atoms with van der Waals surface area (Å²) in [6.45, 7) is 1.18. The number of amides is 2. The Morgan fingerprint density at radius 2 is 1.58 bits per heavy atom. The Balaban J connectivity index is 1.54. The van der Waals surface area contributed by atoms with Gasteiger partial charge < -0.3 is 19.7 Å². The lowest BCUT2D eigenvalue weighted by molar-refractivity contribution is 0.0734. The number of benzene rings is 3. The van der Waals surface area contributed by atoms with E-state index >= 15 is 0 Å². The summed E-state index contributed by atoms with van der Waals surface area (Å²) in [4.78, 5) is 27.6. The molecule has 1 aliphatic heterocycles. The SMILES string of the molecule is COc1cccc(OC)c1C(=O)Nc1ccc2c(c1)CN(C(=O)c1ccccc1)CC2. The molecule has 0 aliphatic carbocycles. The van der Waals surface area contributed by atoms with E-state index in [1.165, 1.54) is 19.8 Å². The average molecular weight is 416 g/mol. The summed E-state index contributed by atoms with van der Waals surface area (Å²) < 4.78 is 10.7. The maximum absolute atomic E-state index is 13.0. The van der Waals surface area contributed by atoms with Crippen LogP contribution in [0.15, 0.2) is 66.7 Å². The van der Waals surface area contributed by atoms with E-state index in [0.29, 0.717) is 41.4 Å². The van der Waals surface area contributed by atoms with Crippen LogP contribution in [0.5, 0.6) is 11.5 Å².